The van der Waals surface area contributed by atoms with Crippen LogP contribution in [0.1, 0.15) is 54.4 Å². The van der Waals surface area contributed by atoms with Crippen LogP contribution < -0.4 is 0 Å². The molecule has 2 heterocycles. The van der Waals surface area contributed by atoms with Gasteiger partial charge in [-0.3, -0.25) is 4.79 Å². The van der Waals surface area contributed by atoms with Crippen LogP contribution >= 0.6 is 11.8 Å². The van der Waals surface area contributed by atoms with Gasteiger partial charge in [0.2, 0.25) is 11.8 Å². The standard InChI is InChI=1S/C24H27N3O2S/c1-18(19-11-5-2-6-12-19)17-21-25-26-24(29-21)30-22(20-13-7-3-8-14-20)23(28)27-15-9-4-10-16-27/h2-3,5-8,11-14,18,22H,4,9-10,15-17H2,1H3. The highest BCUT2D eigenvalue weighted by atomic mass is 32.2. The number of thioether (sulfide) groups is 1. The van der Waals surface area contributed by atoms with E-state index < -0.39 is 0 Å². The topological polar surface area (TPSA) is 59.2 Å². The Kier molecular flexibility index (Phi) is 6.84. The van der Waals surface area contributed by atoms with Gasteiger partial charge in [-0.15, -0.1) is 10.2 Å². The fourth-order valence-corrected chi connectivity index (χ4v) is 4.78. The number of likely N-dealkylation sites (tertiary alicyclic amines) is 1. The number of hydrogen-bond donors (Lipinski definition) is 0. The monoisotopic (exact) mass is 421 g/mol. The first-order chi connectivity index (χ1) is 14.7. The molecule has 30 heavy (non-hydrogen) atoms. The maximum absolute atomic E-state index is 13.3. The molecule has 0 N–H and O–H groups in total. The molecule has 3 aromatic rings. The van der Waals surface area contributed by atoms with Crippen molar-refractivity contribution in [1.82, 2.24) is 15.1 Å². The molecule has 6 heteroatoms. The van der Waals surface area contributed by atoms with E-state index in [4.69, 9.17) is 4.42 Å². The largest absolute Gasteiger partial charge is 0.416 e. The highest BCUT2D eigenvalue weighted by Crippen LogP contribution is 2.37. The van der Waals surface area contributed by atoms with Gasteiger partial charge in [0.15, 0.2) is 0 Å². The number of hydrogen-bond acceptors (Lipinski definition) is 5. The third kappa shape index (κ3) is 5.11. The average Bonchev–Trinajstić information content (AvgIpc) is 3.25. The van der Waals surface area contributed by atoms with Crippen LogP contribution in [-0.2, 0) is 11.2 Å². The first kappa shape index (κ1) is 20.7. The fraction of sp³-hybridized carbons (Fsp3) is 0.375. The van der Waals surface area contributed by atoms with E-state index in [9.17, 15) is 4.79 Å². The van der Waals surface area contributed by atoms with Gasteiger partial charge in [0.05, 0.1) is 0 Å². The minimum atomic E-state index is -0.371. The molecule has 2 atom stereocenters. The van der Waals surface area contributed by atoms with Gasteiger partial charge in [-0.25, -0.2) is 0 Å². The maximum Gasteiger partial charge on any atom is 0.277 e. The van der Waals surface area contributed by atoms with Crippen molar-refractivity contribution in [2.75, 3.05) is 13.1 Å². The predicted octanol–water partition coefficient (Wildman–Crippen LogP) is 5.26. The second-order valence-corrected chi connectivity index (χ2v) is 8.83. The number of amides is 1. The molecule has 1 fully saturated rings. The van der Waals surface area contributed by atoms with Crippen LogP contribution in [-0.4, -0.2) is 34.1 Å². The van der Waals surface area contributed by atoms with Crippen molar-refractivity contribution in [1.29, 1.82) is 0 Å². The van der Waals surface area contributed by atoms with Crippen molar-refractivity contribution < 1.29 is 9.21 Å². The summed E-state index contributed by atoms with van der Waals surface area (Å²) in [5.41, 5.74) is 2.21. The Morgan fingerprint density at radius 1 is 0.967 bits per heavy atom. The average molecular weight is 422 g/mol. The Labute approximate surface area is 181 Å². The summed E-state index contributed by atoms with van der Waals surface area (Å²) >= 11 is 1.36. The summed E-state index contributed by atoms with van der Waals surface area (Å²) in [7, 11) is 0. The number of carbonyl (C=O) groups is 1. The van der Waals surface area contributed by atoms with Crippen LogP contribution in [0.15, 0.2) is 70.3 Å². The van der Waals surface area contributed by atoms with Crippen LogP contribution in [0.4, 0.5) is 0 Å². The predicted molar refractivity (Wildman–Crippen MR) is 118 cm³/mol. The molecule has 156 valence electrons. The number of benzene rings is 2. The SMILES string of the molecule is CC(Cc1nnc(SC(C(=O)N2CCCCC2)c2ccccc2)o1)c1ccccc1. The maximum atomic E-state index is 13.3. The summed E-state index contributed by atoms with van der Waals surface area (Å²) < 4.78 is 5.94. The number of rotatable bonds is 7. The highest BCUT2D eigenvalue weighted by molar-refractivity contribution is 8.00. The van der Waals surface area contributed by atoms with Crippen molar-refractivity contribution >= 4 is 17.7 Å². The molecule has 2 unspecified atom stereocenters. The quantitative estimate of drug-likeness (QED) is 0.487. The van der Waals surface area contributed by atoms with Crippen molar-refractivity contribution in [3.63, 3.8) is 0 Å². The normalized spacial score (nSPS) is 16.2. The Morgan fingerprint density at radius 3 is 2.27 bits per heavy atom. The van der Waals surface area contributed by atoms with E-state index in [2.05, 4.69) is 29.3 Å². The molecule has 0 saturated carbocycles. The molecule has 1 saturated heterocycles. The molecular weight excluding hydrogens is 394 g/mol. The molecule has 0 radical (unpaired) electrons. The lowest BCUT2D eigenvalue weighted by Gasteiger charge is -2.29. The van der Waals surface area contributed by atoms with Gasteiger partial charge < -0.3 is 9.32 Å². The van der Waals surface area contributed by atoms with Crippen molar-refractivity contribution in [2.24, 2.45) is 0 Å². The molecule has 1 aliphatic rings. The summed E-state index contributed by atoms with van der Waals surface area (Å²) in [6.07, 6.45) is 4.01. The van der Waals surface area contributed by atoms with Crippen molar-refractivity contribution in [3.8, 4) is 0 Å². The third-order valence-electron chi connectivity index (χ3n) is 5.51. The Bertz CT molecular complexity index is 939. The van der Waals surface area contributed by atoms with Gasteiger partial charge in [-0.2, -0.15) is 0 Å². The van der Waals surface area contributed by atoms with E-state index in [0.717, 1.165) is 31.5 Å². The lowest BCUT2D eigenvalue weighted by atomic mass is 9.98. The highest BCUT2D eigenvalue weighted by Gasteiger charge is 2.29. The molecule has 0 bridgehead atoms. The summed E-state index contributed by atoms with van der Waals surface area (Å²) in [5, 5.41) is 8.55. The van der Waals surface area contributed by atoms with Gasteiger partial charge in [0.25, 0.3) is 5.22 Å². The Hall–Kier alpha value is -2.60. The Balaban J connectivity index is 1.48. The number of piperidine rings is 1. The second kappa shape index (κ2) is 9.94. The molecule has 0 aliphatic carbocycles. The van der Waals surface area contributed by atoms with Crippen LogP contribution in [0, 0.1) is 0 Å². The smallest absolute Gasteiger partial charge is 0.277 e. The zero-order valence-corrected chi connectivity index (χ0v) is 18.1. The summed E-state index contributed by atoms with van der Waals surface area (Å²) in [6.45, 7) is 3.80. The van der Waals surface area contributed by atoms with E-state index in [1.807, 2.05) is 53.4 Å². The number of carbonyl (C=O) groups excluding carboxylic acids is 1. The minimum Gasteiger partial charge on any atom is -0.416 e. The molecule has 4 rings (SSSR count). The fourth-order valence-electron chi connectivity index (χ4n) is 3.80. The van der Waals surface area contributed by atoms with E-state index in [0.29, 0.717) is 17.5 Å². The van der Waals surface area contributed by atoms with Gasteiger partial charge in [0.1, 0.15) is 5.25 Å². The Morgan fingerprint density at radius 2 is 1.60 bits per heavy atom. The summed E-state index contributed by atoms with van der Waals surface area (Å²) in [6, 6.07) is 20.2. The first-order valence-electron chi connectivity index (χ1n) is 10.6. The van der Waals surface area contributed by atoms with Crippen molar-refractivity contribution in [2.45, 2.75) is 49.0 Å². The van der Waals surface area contributed by atoms with E-state index >= 15 is 0 Å². The number of aromatic nitrogens is 2. The lowest BCUT2D eigenvalue weighted by Crippen LogP contribution is -2.38. The van der Waals surface area contributed by atoms with E-state index in [1.165, 1.54) is 23.7 Å². The molecular formula is C24H27N3O2S. The van der Waals surface area contributed by atoms with Gasteiger partial charge in [0, 0.05) is 19.5 Å². The summed E-state index contributed by atoms with van der Waals surface area (Å²) in [4.78, 5) is 15.3. The molecule has 1 aliphatic heterocycles. The van der Waals surface area contributed by atoms with Crippen LogP contribution in [0.5, 0.6) is 0 Å². The molecule has 1 aromatic heterocycles. The molecule has 2 aromatic carbocycles. The third-order valence-corrected chi connectivity index (χ3v) is 6.59. The van der Waals surface area contributed by atoms with Crippen LogP contribution in [0.3, 0.4) is 0 Å². The summed E-state index contributed by atoms with van der Waals surface area (Å²) in [5.74, 6) is 1.01. The second-order valence-electron chi connectivity index (χ2n) is 7.77. The first-order valence-corrected chi connectivity index (χ1v) is 11.5. The lowest BCUT2D eigenvalue weighted by molar-refractivity contribution is -0.131. The molecule has 0 spiro atoms. The van der Waals surface area contributed by atoms with E-state index in [-0.39, 0.29) is 17.1 Å². The minimum absolute atomic E-state index is 0.128. The van der Waals surface area contributed by atoms with Gasteiger partial charge in [-0.05, 0) is 48.1 Å². The van der Waals surface area contributed by atoms with E-state index in [1.54, 1.807) is 0 Å². The molecule has 1 amide bonds. The van der Waals surface area contributed by atoms with Gasteiger partial charge in [-0.1, -0.05) is 67.6 Å². The zero-order chi connectivity index (χ0) is 20.8. The number of nitrogens with zero attached hydrogens (tertiary/aromatic N) is 3. The molecule has 5 nitrogen and oxygen atoms in total. The van der Waals surface area contributed by atoms with Gasteiger partial charge >= 0.3 is 0 Å². The zero-order valence-electron chi connectivity index (χ0n) is 17.2. The van der Waals surface area contributed by atoms with Crippen LogP contribution in [0.2, 0.25) is 0 Å². The van der Waals surface area contributed by atoms with Crippen molar-refractivity contribution in [3.05, 3.63) is 77.7 Å². The van der Waals surface area contributed by atoms with Crippen LogP contribution in [0.25, 0.3) is 0 Å².